The van der Waals surface area contributed by atoms with Gasteiger partial charge in [0.2, 0.25) is 5.91 Å². The van der Waals surface area contributed by atoms with Crippen LogP contribution in [-0.2, 0) is 10.5 Å². The lowest BCUT2D eigenvalue weighted by molar-refractivity contribution is -0.116. The van der Waals surface area contributed by atoms with Gasteiger partial charge in [0, 0.05) is 24.1 Å². The van der Waals surface area contributed by atoms with Gasteiger partial charge in [-0.2, -0.15) is 11.8 Å². The molecule has 0 bridgehead atoms. The molecule has 0 aliphatic carbocycles. The highest BCUT2D eigenvalue weighted by atomic mass is 32.2. The van der Waals surface area contributed by atoms with Crippen LogP contribution in [0, 0.1) is 6.92 Å². The lowest BCUT2D eigenvalue weighted by Gasteiger charge is -2.05. The van der Waals surface area contributed by atoms with Crippen molar-refractivity contribution in [1.29, 1.82) is 0 Å². The molecule has 0 spiro atoms. The molecule has 0 atom stereocenters. The Morgan fingerprint density at radius 3 is 2.59 bits per heavy atom. The molecule has 1 amide bonds. The summed E-state index contributed by atoms with van der Waals surface area (Å²) in [7, 11) is 0. The van der Waals surface area contributed by atoms with Crippen LogP contribution in [-0.4, -0.2) is 18.2 Å². The molecular formula is C19H21NOS. The SMILES string of the molecule is Cc1ccccc1CSCCNC(=O)C=Cc1ccccc1. The van der Waals surface area contributed by atoms with Gasteiger partial charge in [-0.05, 0) is 29.7 Å². The second kappa shape index (κ2) is 9.11. The molecule has 3 heteroatoms. The van der Waals surface area contributed by atoms with Crippen LogP contribution in [0.2, 0.25) is 0 Å². The quantitative estimate of drug-likeness (QED) is 0.617. The van der Waals surface area contributed by atoms with Crippen molar-refractivity contribution in [2.45, 2.75) is 12.7 Å². The minimum absolute atomic E-state index is 0.0413. The lowest BCUT2D eigenvalue weighted by Crippen LogP contribution is -2.23. The predicted molar refractivity (Wildman–Crippen MR) is 95.8 cm³/mol. The number of hydrogen-bond donors (Lipinski definition) is 1. The minimum atomic E-state index is -0.0413. The van der Waals surface area contributed by atoms with Gasteiger partial charge in [-0.1, -0.05) is 54.6 Å². The smallest absolute Gasteiger partial charge is 0.244 e. The molecule has 22 heavy (non-hydrogen) atoms. The Morgan fingerprint density at radius 2 is 1.82 bits per heavy atom. The lowest BCUT2D eigenvalue weighted by atomic mass is 10.1. The molecule has 0 aliphatic rings. The van der Waals surface area contributed by atoms with E-state index in [0.717, 1.165) is 17.1 Å². The van der Waals surface area contributed by atoms with Gasteiger partial charge in [0.25, 0.3) is 0 Å². The monoisotopic (exact) mass is 311 g/mol. The predicted octanol–water partition coefficient (Wildman–Crippen LogP) is 4.06. The van der Waals surface area contributed by atoms with E-state index in [9.17, 15) is 4.79 Å². The minimum Gasteiger partial charge on any atom is -0.352 e. The summed E-state index contributed by atoms with van der Waals surface area (Å²) >= 11 is 1.84. The summed E-state index contributed by atoms with van der Waals surface area (Å²) in [4.78, 5) is 11.7. The largest absolute Gasteiger partial charge is 0.352 e. The third kappa shape index (κ3) is 5.78. The van der Waals surface area contributed by atoms with Crippen molar-refractivity contribution in [3.63, 3.8) is 0 Å². The summed E-state index contributed by atoms with van der Waals surface area (Å²) in [5, 5.41) is 2.91. The normalized spacial score (nSPS) is 10.8. The zero-order valence-corrected chi connectivity index (χ0v) is 13.6. The Morgan fingerprint density at radius 1 is 1.09 bits per heavy atom. The number of rotatable bonds is 7. The summed E-state index contributed by atoms with van der Waals surface area (Å²) in [6, 6.07) is 18.2. The first-order valence-corrected chi connectivity index (χ1v) is 8.54. The molecule has 0 aromatic heterocycles. The molecule has 0 unspecified atom stereocenters. The number of carbonyl (C=O) groups excluding carboxylic acids is 1. The highest BCUT2D eigenvalue weighted by Gasteiger charge is 1.98. The Hall–Kier alpha value is -2.00. The molecule has 114 valence electrons. The Balaban J connectivity index is 1.63. The number of hydrogen-bond acceptors (Lipinski definition) is 2. The molecule has 2 aromatic rings. The third-order valence-corrected chi connectivity index (χ3v) is 4.30. The van der Waals surface area contributed by atoms with Gasteiger partial charge in [-0.3, -0.25) is 4.79 Å². The molecule has 1 N–H and O–H groups in total. The zero-order valence-electron chi connectivity index (χ0n) is 12.8. The molecule has 0 fully saturated rings. The van der Waals surface area contributed by atoms with Crippen LogP contribution >= 0.6 is 11.8 Å². The van der Waals surface area contributed by atoms with Crippen LogP contribution in [0.25, 0.3) is 6.08 Å². The molecular weight excluding hydrogens is 290 g/mol. The van der Waals surface area contributed by atoms with Crippen molar-refractivity contribution >= 4 is 23.7 Å². The van der Waals surface area contributed by atoms with E-state index in [1.165, 1.54) is 11.1 Å². The maximum Gasteiger partial charge on any atom is 0.244 e. The van der Waals surface area contributed by atoms with E-state index in [0.29, 0.717) is 6.54 Å². The zero-order chi connectivity index (χ0) is 15.6. The average molecular weight is 311 g/mol. The van der Waals surface area contributed by atoms with Gasteiger partial charge in [0.1, 0.15) is 0 Å². The molecule has 2 nitrogen and oxygen atoms in total. The Kier molecular flexibility index (Phi) is 6.78. The third-order valence-electron chi connectivity index (χ3n) is 3.29. The summed E-state index contributed by atoms with van der Waals surface area (Å²) in [5.74, 6) is 1.86. The van der Waals surface area contributed by atoms with Crippen LogP contribution < -0.4 is 5.32 Å². The average Bonchev–Trinajstić information content (AvgIpc) is 2.55. The van der Waals surface area contributed by atoms with Crippen molar-refractivity contribution in [2.75, 3.05) is 12.3 Å². The molecule has 0 aliphatic heterocycles. The van der Waals surface area contributed by atoms with Crippen LogP contribution in [0.4, 0.5) is 0 Å². The van der Waals surface area contributed by atoms with Gasteiger partial charge in [0.15, 0.2) is 0 Å². The van der Waals surface area contributed by atoms with Crippen LogP contribution in [0.3, 0.4) is 0 Å². The van der Waals surface area contributed by atoms with Gasteiger partial charge in [0.05, 0.1) is 0 Å². The highest BCUT2D eigenvalue weighted by Crippen LogP contribution is 2.15. The maximum atomic E-state index is 11.7. The Bertz CT molecular complexity index is 622. The number of carbonyl (C=O) groups is 1. The fraction of sp³-hybridized carbons (Fsp3) is 0.211. The van der Waals surface area contributed by atoms with Crippen LogP contribution in [0.15, 0.2) is 60.7 Å². The van der Waals surface area contributed by atoms with E-state index in [4.69, 9.17) is 0 Å². The van der Waals surface area contributed by atoms with Gasteiger partial charge in [-0.15, -0.1) is 0 Å². The molecule has 0 saturated heterocycles. The number of nitrogens with one attached hydrogen (secondary N) is 1. The highest BCUT2D eigenvalue weighted by molar-refractivity contribution is 7.98. The second-order valence-corrected chi connectivity index (χ2v) is 6.12. The van der Waals surface area contributed by atoms with E-state index < -0.39 is 0 Å². The van der Waals surface area contributed by atoms with E-state index in [2.05, 4.69) is 36.5 Å². The fourth-order valence-electron chi connectivity index (χ4n) is 2.00. The topological polar surface area (TPSA) is 29.1 Å². The van der Waals surface area contributed by atoms with Crippen molar-refractivity contribution < 1.29 is 4.79 Å². The maximum absolute atomic E-state index is 11.7. The number of benzene rings is 2. The van der Waals surface area contributed by atoms with Crippen molar-refractivity contribution in [3.05, 3.63) is 77.4 Å². The number of aryl methyl sites for hydroxylation is 1. The van der Waals surface area contributed by atoms with Crippen LogP contribution in [0.1, 0.15) is 16.7 Å². The molecule has 2 aromatic carbocycles. The van der Waals surface area contributed by atoms with Crippen molar-refractivity contribution in [2.24, 2.45) is 0 Å². The summed E-state index contributed by atoms with van der Waals surface area (Å²) < 4.78 is 0. The molecule has 0 saturated carbocycles. The van der Waals surface area contributed by atoms with E-state index in [-0.39, 0.29) is 5.91 Å². The van der Waals surface area contributed by atoms with E-state index >= 15 is 0 Å². The molecule has 2 rings (SSSR count). The number of amides is 1. The van der Waals surface area contributed by atoms with Crippen LogP contribution in [0.5, 0.6) is 0 Å². The fourth-order valence-corrected chi connectivity index (χ4v) is 2.93. The Labute approximate surface area is 136 Å². The first-order chi connectivity index (χ1) is 10.8. The van der Waals surface area contributed by atoms with E-state index in [1.807, 2.05) is 48.2 Å². The first-order valence-electron chi connectivity index (χ1n) is 7.39. The first kappa shape index (κ1) is 16.4. The molecule has 0 radical (unpaired) electrons. The summed E-state index contributed by atoms with van der Waals surface area (Å²) in [6.45, 7) is 2.82. The van der Waals surface area contributed by atoms with Crippen molar-refractivity contribution in [3.8, 4) is 0 Å². The van der Waals surface area contributed by atoms with Gasteiger partial charge >= 0.3 is 0 Å². The second-order valence-electron chi connectivity index (χ2n) is 5.01. The molecule has 0 heterocycles. The van der Waals surface area contributed by atoms with E-state index in [1.54, 1.807) is 6.08 Å². The standard InChI is InChI=1S/C19H21NOS/c1-16-7-5-6-10-18(16)15-22-14-13-20-19(21)12-11-17-8-3-2-4-9-17/h2-12H,13-15H2,1H3,(H,20,21). The summed E-state index contributed by atoms with van der Waals surface area (Å²) in [6.07, 6.45) is 3.41. The van der Waals surface area contributed by atoms with Gasteiger partial charge < -0.3 is 5.32 Å². The van der Waals surface area contributed by atoms with Crippen molar-refractivity contribution in [1.82, 2.24) is 5.32 Å². The summed E-state index contributed by atoms with van der Waals surface area (Å²) in [5.41, 5.74) is 3.72. The number of thioether (sulfide) groups is 1. The van der Waals surface area contributed by atoms with Gasteiger partial charge in [-0.25, -0.2) is 0 Å².